The predicted octanol–water partition coefficient (Wildman–Crippen LogP) is 3.65. The van der Waals surface area contributed by atoms with E-state index in [-0.39, 0.29) is 11.4 Å². The summed E-state index contributed by atoms with van der Waals surface area (Å²) in [5.74, 6) is -0.237. The SMILES string of the molecule is CC(=O)c1coc2cc(C(F)(F)F)ccc12. The number of carbonyl (C=O) groups is 1. The van der Waals surface area contributed by atoms with E-state index in [1.807, 2.05) is 0 Å². The number of halogens is 3. The molecule has 0 amide bonds. The van der Waals surface area contributed by atoms with Crippen LogP contribution in [-0.4, -0.2) is 5.78 Å². The summed E-state index contributed by atoms with van der Waals surface area (Å²) in [6, 6.07) is 3.07. The second-order valence-corrected chi connectivity index (χ2v) is 3.41. The van der Waals surface area contributed by atoms with Gasteiger partial charge in [0.2, 0.25) is 0 Å². The first-order valence-corrected chi connectivity index (χ1v) is 4.49. The average molecular weight is 228 g/mol. The lowest BCUT2D eigenvalue weighted by molar-refractivity contribution is -0.137. The fourth-order valence-corrected chi connectivity index (χ4v) is 1.48. The molecule has 2 aromatic rings. The van der Waals surface area contributed by atoms with Crippen molar-refractivity contribution in [1.82, 2.24) is 0 Å². The van der Waals surface area contributed by atoms with E-state index in [9.17, 15) is 18.0 Å². The highest BCUT2D eigenvalue weighted by Gasteiger charge is 2.31. The molecule has 0 bridgehead atoms. The molecule has 0 saturated heterocycles. The van der Waals surface area contributed by atoms with E-state index in [0.29, 0.717) is 10.9 Å². The summed E-state index contributed by atoms with van der Waals surface area (Å²) in [6.07, 6.45) is -3.23. The van der Waals surface area contributed by atoms with E-state index in [0.717, 1.165) is 12.1 Å². The third-order valence-corrected chi connectivity index (χ3v) is 2.28. The van der Waals surface area contributed by atoms with Crippen LogP contribution < -0.4 is 0 Å². The van der Waals surface area contributed by atoms with E-state index < -0.39 is 11.7 Å². The molecule has 0 fully saturated rings. The summed E-state index contributed by atoms with van der Waals surface area (Å²) >= 11 is 0. The lowest BCUT2D eigenvalue weighted by Gasteiger charge is -2.05. The van der Waals surface area contributed by atoms with Gasteiger partial charge in [0, 0.05) is 5.39 Å². The van der Waals surface area contributed by atoms with Gasteiger partial charge in [-0.3, -0.25) is 4.79 Å². The molecule has 1 aromatic heterocycles. The van der Waals surface area contributed by atoms with Gasteiger partial charge >= 0.3 is 6.18 Å². The second-order valence-electron chi connectivity index (χ2n) is 3.41. The van der Waals surface area contributed by atoms with Crippen LogP contribution in [0.4, 0.5) is 13.2 Å². The zero-order valence-corrected chi connectivity index (χ0v) is 8.26. The maximum absolute atomic E-state index is 12.4. The monoisotopic (exact) mass is 228 g/mol. The molecule has 2 nitrogen and oxygen atoms in total. The molecular formula is C11H7F3O2. The smallest absolute Gasteiger partial charge is 0.416 e. The molecule has 0 aliphatic heterocycles. The highest BCUT2D eigenvalue weighted by Crippen LogP contribution is 2.32. The van der Waals surface area contributed by atoms with E-state index in [1.165, 1.54) is 19.3 Å². The van der Waals surface area contributed by atoms with Crippen LogP contribution in [0.25, 0.3) is 11.0 Å². The number of alkyl halides is 3. The maximum atomic E-state index is 12.4. The van der Waals surface area contributed by atoms with Crippen molar-refractivity contribution >= 4 is 16.8 Å². The molecule has 0 aliphatic rings. The Morgan fingerprint density at radius 1 is 1.31 bits per heavy atom. The van der Waals surface area contributed by atoms with Gasteiger partial charge in [-0.05, 0) is 25.1 Å². The van der Waals surface area contributed by atoms with Gasteiger partial charge in [0.15, 0.2) is 5.78 Å². The molecule has 2 rings (SSSR count). The molecule has 1 aromatic carbocycles. The Morgan fingerprint density at radius 2 is 2.00 bits per heavy atom. The molecule has 0 atom stereocenters. The van der Waals surface area contributed by atoms with Crippen LogP contribution in [0.15, 0.2) is 28.9 Å². The molecule has 0 radical (unpaired) electrons. The predicted molar refractivity (Wildman–Crippen MR) is 51.2 cm³/mol. The Morgan fingerprint density at radius 3 is 2.56 bits per heavy atom. The van der Waals surface area contributed by atoms with Gasteiger partial charge in [0.05, 0.1) is 11.1 Å². The van der Waals surface area contributed by atoms with Gasteiger partial charge < -0.3 is 4.42 Å². The van der Waals surface area contributed by atoms with Crippen molar-refractivity contribution in [2.24, 2.45) is 0 Å². The molecule has 5 heteroatoms. The lowest BCUT2D eigenvalue weighted by Crippen LogP contribution is -2.04. The Kier molecular flexibility index (Phi) is 2.26. The van der Waals surface area contributed by atoms with E-state index in [2.05, 4.69) is 0 Å². The van der Waals surface area contributed by atoms with Crippen molar-refractivity contribution in [2.75, 3.05) is 0 Å². The number of benzene rings is 1. The molecule has 16 heavy (non-hydrogen) atoms. The Balaban J connectivity index is 2.62. The maximum Gasteiger partial charge on any atom is 0.416 e. The largest absolute Gasteiger partial charge is 0.464 e. The molecule has 0 saturated carbocycles. The third-order valence-electron chi connectivity index (χ3n) is 2.28. The van der Waals surface area contributed by atoms with Crippen LogP contribution in [0.5, 0.6) is 0 Å². The van der Waals surface area contributed by atoms with Crippen molar-refractivity contribution in [3.8, 4) is 0 Å². The minimum Gasteiger partial charge on any atom is -0.464 e. The quantitative estimate of drug-likeness (QED) is 0.697. The van der Waals surface area contributed by atoms with Crippen LogP contribution in [0.1, 0.15) is 22.8 Å². The Labute approximate surface area is 88.7 Å². The van der Waals surface area contributed by atoms with Crippen LogP contribution in [0.3, 0.4) is 0 Å². The summed E-state index contributed by atoms with van der Waals surface area (Å²) in [5, 5.41) is 0.403. The zero-order valence-electron chi connectivity index (χ0n) is 8.26. The topological polar surface area (TPSA) is 30.2 Å². The molecule has 0 aliphatic carbocycles. The molecule has 0 N–H and O–H groups in total. The Hall–Kier alpha value is -1.78. The molecular weight excluding hydrogens is 221 g/mol. The molecule has 1 heterocycles. The first-order valence-electron chi connectivity index (χ1n) is 4.49. The van der Waals surface area contributed by atoms with E-state index in [4.69, 9.17) is 4.42 Å². The second kappa shape index (κ2) is 3.37. The van der Waals surface area contributed by atoms with Gasteiger partial charge in [-0.1, -0.05) is 0 Å². The van der Waals surface area contributed by atoms with Crippen molar-refractivity contribution in [3.05, 3.63) is 35.6 Å². The highest BCUT2D eigenvalue weighted by atomic mass is 19.4. The van der Waals surface area contributed by atoms with Crippen molar-refractivity contribution in [1.29, 1.82) is 0 Å². The fourth-order valence-electron chi connectivity index (χ4n) is 1.48. The Bertz CT molecular complexity index is 552. The normalized spacial score (nSPS) is 12.0. The van der Waals surface area contributed by atoms with Crippen molar-refractivity contribution in [3.63, 3.8) is 0 Å². The highest BCUT2D eigenvalue weighted by molar-refractivity contribution is 6.05. The van der Waals surface area contributed by atoms with Crippen LogP contribution in [0.2, 0.25) is 0 Å². The average Bonchev–Trinajstić information content (AvgIpc) is 2.58. The lowest BCUT2D eigenvalue weighted by atomic mass is 10.1. The van der Waals surface area contributed by atoms with Crippen LogP contribution in [-0.2, 0) is 6.18 Å². The summed E-state index contributed by atoms with van der Waals surface area (Å²) < 4.78 is 42.0. The first kappa shape index (κ1) is 10.7. The van der Waals surface area contributed by atoms with Crippen LogP contribution in [0, 0.1) is 0 Å². The number of fused-ring (bicyclic) bond motifs is 1. The number of carbonyl (C=O) groups excluding carboxylic acids is 1. The van der Waals surface area contributed by atoms with Crippen molar-refractivity contribution in [2.45, 2.75) is 13.1 Å². The minimum absolute atomic E-state index is 0.0695. The van der Waals surface area contributed by atoms with E-state index in [1.54, 1.807) is 0 Å². The van der Waals surface area contributed by atoms with Crippen LogP contribution >= 0.6 is 0 Å². The van der Waals surface area contributed by atoms with Gasteiger partial charge in [-0.2, -0.15) is 13.2 Å². The summed E-state index contributed by atoms with van der Waals surface area (Å²) in [5.41, 5.74) is -0.423. The molecule has 0 spiro atoms. The van der Waals surface area contributed by atoms with Gasteiger partial charge in [0.1, 0.15) is 11.8 Å². The van der Waals surface area contributed by atoms with Gasteiger partial charge in [0.25, 0.3) is 0 Å². The molecule has 84 valence electrons. The molecule has 0 unspecified atom stereocenters. The van der Waals surface area contributed by atoms with Gasteiger partial charge in [-0.25, -0.2) is 0 Å². The summed E-state index contributed by atoms with van der Waals surface area (Å²) in [7, 11) is 0. The first-order chi connectivity index (χ1) is 7.39. The number of hydrogen-bond acceptors (Lipinski definition) is 2. The van der Waals surface area contributed by atoms with Crippen molar-refractivity contribution < 1.29 is 22.4 Å². The third kappa shape index (κ3) is 1.68. The number of hydrogen-bond donors (Lipinski definition) is 0. The number of ketones is 1. The van der Waals surface area contributed by atoms with E-state index >= 15 is 0 Å². The summed E-state index contributed by atoms with van der Waals surface area (Å²) in [6.45, 7) is 1.34. The number of furan rings is 1. The van der Waals surface area contributed by atoms with Gasteiger partial charge in [-0.15, -0.1) is 0 Å². The fraction of sp³-hybridized carbons (Fsp3) is 0.182. The number of Topliss-reactive ketones (excluding diaryl/α,β-unsaturated/α-hetero) is 1. The zero-order chi connectivity index (χ0) is 11.9. The summed E-state index contributed by atoms with van der Waals surface area (Å²) in [4.78, 5) is 11.1. The minimum atomic E-state index is -4.41. The standard InChI is InChI=1S/C11H7F3O2/c1-6(15)9-5-16-10-4-7(11(12,13)14)2-3-8(9)10/h2-5H,1H3. The number of rotatable bonds is 1.